The molecule has 0 aliphatic carbocycles. The summed E-state index contributed by atoms with van der Waals surface area (Å²) in [5.41, 5.74) is 4.19. The predicted octanol–water partition coefficient (Wildman–Crippen LogP) is 2.53. The molecule has 7 nitrogen and oxygen atoms in total. The number of carbonyl (C=O) groups is 1. The second-order valence-electron chi connectivity index (χ2n) is 5.29. The molecular weight excluding hydrogens is 364 g/mol. The molecule has 0 aliphatic heterocycles. The molecule has 27 heavy (non-hydrogen) atoms. The first-order chi connectivity index (χ1) is 13.1. The van der Waals surface area contributed by atoms with Crippen LogP contribution < -0.4 is 25.5 Å². The number of nitrogens with zero attached hydrogens (tertiary/aromatic N) is 1. The smallest absolute Gasteiger partial charge is 0.262 e. The molecule has 0 atom stereocenters. The fraction of sp³-hybridized carbons (Fsp3) is 0.211. The first-order valence-corrected chi connectivity index (χ1v) is 8.78. The summed E-state index contributed by atoms with van der Waals surface area (Å²) < 4.78 is 11.2. The third-order valence-electron chi connectivity index (χ3n) is 3.29. The number of rotatable bonds is 8. The third kappa shape index (κ3) is 6.95. The van der Waals surface area contributed by atoms with Gasteiger partial charge in [0.1, 0.15) is 0 Å². The molecule has 0 aliphatic rings. The predicted molar refractivity (Wildman–Crippen MR) is 111 cm³/mol. The Bertz CT molecular complexity index is 797. The highest BCUT2D eigenvalue weighted by molar-refractivity contribution is 7.80. The van der Waals surface area contributed by atoms with Crippen molar-refractivity contribution in [2.75, 3.05) is 25.6 Å². The van der Waals surface area contributed by atoms with E-state index in [-0.39, 0.29) is 12.5 Å². The topological polar surface area (TPSA) is 84.0 Å². The van der Waals surface area contributed by atoms with E-state index in [1.807, 2.05) is 37.3 Å². The largest absolute Gasteiger partial charge is 0.490 e. The van der Waals surface area contributed by atoms with Crippen LogP contribution in [-0.4, -0.2) is 37.5 Å². The number of hydrogen-bond donors (Lipinski definition) is 3. The first kappa shape index (κ1) is 20.2. The minimum Gasteiger partial charge on any atom is -0.490 e. The quantitative estimate of drug-likeness (QED) is 0.367. The van der Waals surface area contributed by atoms with Crippen molar-refractivity contribution in [2.45, 2.75) is 6.92 Å². The molecule has 0 fully saturated rings. The SMILES string of the molecule is CCOc1cc(/C=N\NC(=S)NC)ccc1OCC(=O)Nc1ccccc1. The molecule has 2 aromatic rings. The van der Waals surface area contributed by atoms with E-state index < -0.39 is 0 Å². The summed E-state index contributed by atoms with van der Waals surface area (Å²) in [6.45, 7) is 2.22. The zero-order chi connectivity index (χ0) is 19.5. The zero-order valence-electron chi connectivity index (χ0n) is 15.2. The van der Waals surface area contributed by atoms with Crippen molar-refractivity contribution in [3.63, 3.8) is 0 Å². The summed E-state index contributed by atoms with van der Waals surface area (Å²) in [6.07, 6.45) is 1.61. The Morgan fingerprint density at radius 1 is 1.15 bits per heavy atom. The maximum absolute atomic E-state index is 12.0. The normalized spacial score (nSPS) is 10.3. The highest BCUT2D eigenvalue weighted by Crippen LogP contribution is 2.28. The van der Waals surface area contributed by atoms with Gasteiger partial charge in [0.25, 0.3) is 5.91 Å². The van der Waals surface area contributed by atoms with Crippen LogP contribution in [0.5, 0.6) is 11.5 Å². The van der Waals surface area contributed by atoms with E-state index in [4.69, 9.17) is 21.7 Å². The van der Waals surface area contributed by atoms with Gasteiger partial charge in [0.05, 0.1) is 12.8 Å². The van der Waals surface area contributed by atoms with Crippen LogP contribution in [0.15, 0.2) is 53.6 Å². The number of amides is 1. The summed E-state index contributed by atoms with van der Waals surface area (Å²) in [6, 6.07) is 14.5. The molecule has 0 spiro atoms. The van der Waals surface area contributed by atoms with Crippen LogP contribution in [-0.2, 0) is 4.79 Å². The molecule has 0 aromatic heterocycles. The van der Waals surface area contributed by atoms with Crippen molar-refractivity contribution in [3.8, 4) is 11.5 Å². The van der Waals surface area contributed by atoms with Gasteiger partial charge < -0.3 is 20.1 Å². The minimum absolute atomic E-state index is 0.125. The second kappa shape index (κ2) is 10.8. The molecule has 0 unspecified atom stereocenters. The summed E-state index contributed by atoms with van der Waals surface area (Å²) in [5.74, 6) is 0.764. The van der Waals surface area contributed by atoms with Crippen molar-refractivity contribution in [1.29, 1.82) is 0 Å². The van der Waals surface area contributed by atoms with Crippen LogP contribution in [0.4, 0.5) is 5.69 Å². The van der Waals surface area contributed by atoms with Crippen LogP contribution in [0.3, 0.4) is 0 Å². The lowest BCUT2D eigenvalue weighted by Crippen LogP contribution is -2.28. The van der Waals surface area contributed by atoms with Crippen LogP contribution >= 0.6 is 12.2 Å². The number of thiocarbonyl (C=S) groups is 1. The van der Waals surface area contributed by atoms with Crippen molar-refractivity contribution < 1.29 is 14.3 Å². The zero-order valence-corrected chi connectivity index (χ0v) is 16.0. The number of ether oxygens (including phenoxy) is 2. The van der Waals surface area contributed by atoms with Gasteiger partial charge in [-0.3, -0.25) is 10.2 Å². The lowest BCUT2D eigenvalue weighted by atomic mass is 10.2. The Balaban J connectivity index is 1.98. The molecule has 0 saturated carbocycles. The molecule has 0 heterocycles. The maximum Gasteiger partial charge on any atom is 0.262 e. The number of carbonyl (C=O) groups excluding carboxylic acids is 1. The molecule has 0 bridgehead atoms. The highest BCUT2D eigenvalue weighted by Gasteiger charge is 2.09. The van der Waals surface area contributed by atoms with E-state index in [2.05, 4.69) is 21.2 Å². The number of hydrazone groups is 1. The molecule has 1 amide bonds. The lowest BCUT2D eigenvalue weighted by Gasteiger charge is -2.12. The number of nitrogens with one attached hydrogen (secondary N) is 3. The highest BCUT2D eigenvalue weighted by atomic mass is 32.1. The summed E-state index contributed by atoms with van der Waals surface area (Å²) in [5, 5.41) is 9.97. The van der Waals surface area contributed by atoms with E-state index >= 15 is 0 Å². The molecule has 8 heteroatoms. The molecule has 0 radical (unpaired) electrons. The van der Waals surface area contributed by atoms with Gasteiger partial charge in [0.15, 0.2) is 23.2 Å². The third-order valence-corrected chi connectivity index (χ3v) is 3.59. The Kier molecular flexibility index (Phi) is 8.05. The van der Waals surface area contributed by atoms with Gasteiger partial charge in [0.2, 0.25) is 0 Å². The Morgan fingerprint density at radius 2 is 1.93 bits per heavy atom. The second-order valence-corrected chi connectivity index (χ2v) is 5.70. The number of para-hydroxylation sites is 1. The summed E-state index contributed by atoms with van der Waals surface area (Å²) in [7, 11) is 1.71. The summed E-state index contributed by atoms with van der Waals surface area (Å²) in [4.78, 5) is 12.0. The van der Waals surface area contributed by atoms with E-state index in [1.165, 1.54) is 0 Å². The summed E-state index contributed by atoms with van der Waals surface area (Å²) >= 11 is 4.95. The van der Waals surface area contributed by atoms with Gasteiger partial charge in [-0.2, -0.15) is 5.10 Å². The van der Waals surface area contributed by atoms with Crippen LogP contribution in [0.2, 0.25) is 0 Å². The number of hydrogen-bond acceptors (Lipinski definition) is 5. The molecule has 2 aromatic carbocycles. The van der Waals surface area contributed by atoms with Crippen molar-refractivity contribution >= 4 is 35.1 Å². The van der Waals surface area contributed by atoms with Crippen molar-refractivity contribution in [3.05, 3.63) is 54.1 Å². The van der Waals surface area contributed by atoms with Crippen LogP contribution in [0.25, 0.3) is 0 Å². The fourth-order valence-corrected chi connectivity index (χ4v) is 2.13. The average Bonchev–Trinajstić information content (AvgIpc) is 2.68. The first-order valence-electron chi connectivity index (χ1n) is 8.37. The van der Waals surface area contributed by atoms with E-state index in [9.17, 15) is 4.79 Å². The van der Waals surface area contributed by atoms with Gasteiger partial charge in [0, 0.05) is 12.7 Å². The standard InChI is InChI=1S/C19H22N4O3S/c1-3-25-17-11-14(12-21-23-19(27)20-2)9-10-16(17)26-13-18(24)22-15-7-5-4-6-8-15/h4-12H,3,13H2,1-2H3,(H,22,24)(H2,20,23,27)/b21-12-. The van der Waals surface area contributed by atoms with Crippen LogP contribution in [0.1, 0.15) is 12.5 Å². The minimum atomic E-state index is -0.251. The van der Waals surface area contributed by atoms with Gasteiger partial charge in [-0.15, -0.1) is 0 Å². The maximum atomic E-state index is 12.0. The lowest BCUT2D eigenvalue weighted by molar-refractivity contribution is -0.118. The monoisotopic (exact) mass is 386 g/mol. The van der Waals surface area contributed by atoms with E-state index in [0.29, 0.717) is 23.2 Å². The molecular formula is C19H22N4O3S. The molecule has 142 valence electrons. The number of benzene rings is 2. The van der Waals surface area contributed by atoms with Crippen molar-refractivity contribution in [1.82, 2.24) is 10.7 Å². The Labute approximate surface area is 163 Å². The van der Waals surface area contributed by atoms with Gasteiger partial charge in [-0.1, -0.05) is 18.2 Å². The number of anilines is 1. The van der Waals surface area contributed by atoms with Gasteiger partial charge in [-0.25, -0.2) is 0 Å². The van der Waals surface area contributed by atoms with E-state index in [1.54, 1.807) is 31.5 Å². The van der Waals surface area contributed by atoms with Crippen molar-refractivity contribution in [2.24, 2.45) is 5.10 Å². The molecule has 0 saturated heterocycles. The molecule has 3 N–H and O–H groups in total. The van der Waals surface area contributed by atoms with Crippen LogP contribution in [0, 0.1) is 0 Å². The van der Waals surface area contributed by atoms with Gasteiger partial charge >= 0.3 is 0 Å². The Hall–Kier alpha value is -3.13. The van der Waals surface area contributed by atoms with Gasteiger partial charge in [-0.05, 0) is 55.0 Å². The fourth-order valence-electron chi connectivity index (χ4n) is 2.08. The van der Waals surface area contributed by atoms with E-state index in [0.717, 1.165) is 11.3 Å². The molecule has 2 rings (SSSR count). The Morgan fingerprint density at radius 3 is 2.63 bits per heavy atom. The average molecular weight is 386 g/mol.